The van der Waals surface area contributed by atoms with Crippen LogP contribution in [0.2, 0.25) is 0 Å². The quantitative estimate of drug-likeness (QED) is 0.712. The highest BCUT2D eigenvalue weighted by molar-refractivity contribution is 6.00. The number of carbonyl (C=O) groups is 2. The van der Waals surface area contributed by atoms with Gasteiger partial charge in [-0.2, -0.15) is 4.68 Å². The van der Waals surface area contributed by atoms with Crippen molar-refractivity contribution in [3.8, 4) is 5.69 Å². The average Bonchev–Trinajstić information content (AvgIpc) is 3.33. The topological polar surface area (TPSA) is 93.0 Å². The first kappa shape index (κ1) is 18.7. The van der Waals surface area contributed by atoms with Crippen LogP contribution in [0.1, 0.15) is 17.8 Å². The van der Waals surface area contributed by atoms with Crippen LogP contribution in [-0.2, 0) is 16.1 Å². The molecule has 148 valence electrons. The van der Waals surface area contributed by atoms with Gasteiger partial charge in [-0.15, -0.1) is 5.10 Å². The van der Waals surface area contributed by atoms with Gasteiger partial charge in [-0.3, -0.25) is 9.59 Å². The van der Waals surface area contributed by atoms with Gasteiger partial charge in [0.1, 0.15) is 5.82 Å². The number of rotatable bonds is 5. The summed E-state index contributed by atoms with van der Waals surface area (Å²) in [6.07, 6.45) is 0.147. The van der Waals surface area contributed by atoms with Gasteiger partial charge in [0.05, 0.1) is 18.2 Å². The standard InChI is InChI=1S/C20H19FN6O2/c1-13-5-7-16(8-6-13)26-12-14(9-19(26)28)20(29)22-11-18-23-24-25-27(18)17-4-2-3-15(21)10-17/h2-8,10,14H,9,11-12H2,1H3,(H,22,29). The van der Waals surface area contributed by atoms with E-state index in [9.17, 15) is 14.0 Å². The number of aromatic nitrogens is 4. The molecule has 0 aliphatic carbocycles. The fourth-order valence-corrected chi connectivity index (χ4v) is 3.29. The predicted octanol–water partition coefficient (Wildman–Crippen LogP) is 1.78. The molecule has 0 spiro atoms. The van der Waals surface area contributed by atoms with Crippen molar-refractivity contribution in [2.45, 2.75) is 19.9 Å². The SMILES string of the molecule is Cc1ccc(N2CC(C(=O)NCc3nnnn3-c3cccc(F)c3)CC2=O)cc1. The molecule has 1 saturated heterocycles. The van der Waals surface area contributed by atoms with Gasteiger partial charge in [0.2, 0.25) is 11.8 Å². The lowest BCUT2D eigenvalue weighted by molar-refractivity contribution is -0.126. The zero-order valence-corrected chi connectivity index (χ0v) is 15.7. The number of tetrazole rings is 1. The Morgan fingerprint density at radius 1 is 1.21 bits per heavy atom. The number of hydrogen-bond donors (Lipinski definition) is 1. The third kappa shape index (κ3) is 3.98. The Balaban J connectivity index is 1.40. The van der Waals surface area contributed by atoms with Crippen molar-refractivity contribution >= 4 is 17.5 Å². The van der Waals surface area contributed by atoms with Crippen LogP contribution in [0.5, 0.6) is 0 Å². The van der Waals surface area contributed by atoms with E-state index >= 15 is 0 Å². The van der Waals surface area contributed by atoms with Gasteiger partial charge in [-0.25, -0.2) is 4.39 Å². The highest BCUT2D eigenvalue weighted by Crippen LogP contribution is 2.25. The van der Waals surface area contributed by atoms with Crippen LogP contribution in [0.25, 0.3) is 5.69 Å². The number of halogens is 1. The van der Waals surface area contributed by atoms with Gasteiger partial charge in [0, 0.05) is 18.7 Å². The Bertz CT molecular complexity index is 1050. The van der Waals surface area contributed by atoms with Crippen molar-refractivity contribution in [1.29, 1.82) is 0 Å². The van der Waals surface area contributed by atoms with E-state index in [-0.39, 0.29) is 24.8 Å². The number of hydrogen-bond acceptors (Lipinski definition) is 5. The molecule has 4 rings (SSSR count). The number of nitrogens with one attached hydrogen (secondary N) is 1. The Morgan fingerprint density at radius 3 is 2.76 bits per heavy atom. The summed E-state index contributed by atoms with van der Waals surface area (Å²) < 4.78 is 14.8. The van der Waals surface area contributed by atoms with Gasteiger partial charge in [0.15, 0.2) is 5.82 Å². The zero-order chi connectivity index (χ0) is 20.4. The molecule has 0 radical (unpaired) electrons. The maximum atomic E-state index is 13.5. The Hall–Kier alpha value is -3.62. The molecule has 2 heterocycles. The van der Waals surface area contributed by atoms with E-state index in [4.69, 9.17) is 0 Å². The van der Waals surface area contributed by atoms with E-state index in [2.05, 4.69) is 20.8 Å². The molecule has 9 heteroatoms. The molecule has 1 unspecified atom stereocenters. The molecule has 1 aliphatic rings. The molecule has 2 amide bonds. The summed E-state index contributed by atoms with van der Waals surface area (Å²) >= 11 is 0. The Labute approximate surface area is 166 Å². The summed E-state index contributed by atoms with van der Waals surface area (Å²) in [5.74, 6) is -0.833. The lowest BCUT2D eigenvalue weighted by Gasteiger charge is -2.17. The molecule has 3 aromatic rings. The molecule has 0 bridgehead atoms. The van der Waals surface area contributed by atoms with Crippen molar-refractivity contribution in [3.63, 3.8) is 0 Å². The summed E-state index contributed by atoms with van der Waals surface area (Å²) in [5, 5.41) is 14.1. The summed E-state index contributed by atoms with van der Waals surface area (Å²) in [5.41, 5.74) is 2.34. The van der Waals surface area contributed by atoms with E-state index in [0.717, 1.165) is 11.3 Å². The first-order chi connectivity index (χ1) is 14.0. The van der Waals surface area contributed by atoms with Gasteiger partial charge < -0.3 is 10.2 Å². The molecular formula is C20H19FN6O2. The molecule has 0 saturated carbocycles. The minimum atomic E-state index is -0.456. The predicted molar refractivity (Wildman–Crippen MR) is 103 cm³/mol. The normalized spacial score (nSPS) is 16.3. The fraction of sp³-hybridized carbons (Fsp3) is 0.250. The summed E-state index contributed by atoms with van der Waals surface area (Å²) in [7, 11) is 0. The first-order valence-electron chi connectivity index (χ1n) is 9.19. The molecule has 29 heavy (non-hydrogen) atoms. The summed E-state index contributed by atoms with van der Waals surface area (Å²) in [6, 6.07) is 13.5. The van der Waals surface area contributed by atoms with Crippen LogP contribution in [0.4, 0.5) is 10.1 Å². The number of benzene rings is 2. The van der Waals surface area contributed by atoms with Crippen LogP contribution in [0.3, 0.4) is 0 Å². The largest absolute Gasteiger partial charge is 0.348 e. The number of anilines is 1. The second-order valence-electron chi connectivity index (χ2n) is 6.95. The lowest BCUT2D eigenvalue weighted by atomic mass is 10.1. The summed E-state index contributed by atoms with van der Waals surface area (Å²) in [4.78, 5) is 26.6. The number of amides is 2. The van der Waals surface area contributed by atoms with Crippen LogP contribution >= 0.6 is 0 Å². The fourth-order valence-electron chi connectivity index (χ4n) is 3.29. The molecule has 1 atom stereocenters. The van der Waals surface area contributed by atoms with Gasteiger partial charge in [-0.05, 0) is 47.7 Å². The van der Waals surface area contributed by atoms with Crippen LogP contribution < -0.4 is 10.2 Å². The van der Waals surface area contributed by atoms with Gasteiger partial charge in [-0.1, -0.05) is 23.8 Å². The van der Waals surface area contributed by atoms with Gasteiger partial charge >= 0.3 is 0 Å². The molecule has 1 aromatic heterocycles. The third-order valence-corrected chi connectivity index (χ3v) is 4.85. The Kier molecular flexibility index (Phi) is 5.03. The minimum absolute atomic E-state index is 0.0670. The van der Waals surface area contributed by atoms with Crippen LogP contribution in [0, 0.1) is 18.7 Å². The van der Waals surface area contributed by atoms with E-state index in [1.165, 1.54) is 16.8 Å². The van der Waals surface area contributed by atoms with E-state index < -0.39 is 11.7 Å². The molecule has 1 N–H and O–H groups in total. The van der Waals surface area contributed by atoms with Crippen molar-refractivity contribution < 1.29 is 14.0 Å². The highest BCUT2D eigenvalue weighted by atomic mass is 19.1. The smallest absolute Gasteiger partial charge is 0.227 e. The van der Waals surface area contributed by atoms with Crippen molar-refractivity contribution in [2.75, 3.05) is 11.4 Å². The average molecular weight is 394 g/mol. The maximum absolute atomic E-state index is 13.5. The summed E-state index contributed by atoms with van der Waals surface area (Å²) in [6.45, 7) is 2.36. The lowest BCUT2D eigenvalue weighted by Crippen LogP contribution is -2.33. The molecule has 1 aliphatic heterocycles. The molecule has 8 nitrogen and oxygen atoms in total. The second kappa shape index (κ2) is 7.78. The zero-order valence-electron chi connectivity index (χ0n) is 15.7. The molecule has 1 fully saturated rings. The minimum Gasteiger partial charge on any atom is -0.348 e. The third-order valence-electron chi connectivity index (χ3n) is 4.85. The first-order valence-corrected chi connectivity index (χ1v) is 9.19. The van der Waals surface area contributed by atoms with E-state index in [0.29, 0.717) is 18.1 Å². The second-order valence-corrected chi connectivity index (χ2v) is 6.95. The van der Waals surface area contributed by atoms with E-state index in [1.54, 1.807) is 17.0 Å². The van der Waals surface area contributed by atoms with Crippen LogP contribution in [-0.4, -0.2) is 38.6 Å². The number of carbonyl (C=O) groups excluding carboxylic acids is 2. The monoisotopic (exact) mass is 394 g/mol. The van der Waals surface area contributed by atoms with Crippen molar-refractivity contribution in [1.82, 2.24) is 25.5 Å². The molecule has 2 aromatic carbocycles. The highest BCUT2D eigenvalue weighted by Gasteiger charge is 2.35. The van der Waals surface area contributed by atoms with Crippen molar-refractivity contribution in [3.05, 3.63) is 65.7 Å². The van der Waals surface area contributed by atoms with Crippen molar-refractivity contribution in [2.24, 2.45) is 5.92 Å². The number of aryl methyl sites for hydroxylation is 1. The Morgan fingerprint density at radius 2 is 2.00 bits per heavy atom. The van der Waals surface area contributed by atoms with Crippen LogP contribution in [0.15, 0.2) is 48.5 Å². The molecular weight excluding hydrogens is 375 g/mol. The maximum Gasteiger partial charge on any atom is 0.227 e. The number of nitrogens with zero attached hydrogens (tertiary/aromatic N) is 5. The van der Waals surface area contributed by atoms with Gasteiger partial charge in [0.25, 0.3) is 0 Å². The van der Waals surface area contributed by atoms with E-state index in [1.807, 2.05) is 31.2 Å².